The van der Waals surface area contributed by atoms with E-state index in [0.717, 1.165) is 34.6 Å². The van der Waals surface area contributed by atoms with E-state index in [9.17, 15) is 4.79 Å². The number of piperazine rings is 1. The van der Waals surface area contributed by atoms with Gasteiger partial charge in [-0.2, -0.15) is 0 Å². The van der Waals surface area contributed by atoms with E-state index in [0.29, 0.717) is 13.1 Å². The van der Waals surface area contributed by atoms with Crippen molar-refractivity contribution in [2.24, 2.45) is 0 Å². The highest BCUT2D eigenvalue weighted by Crippen LogP contribution is 2.19. The van der Waals surface area contributed by atoms with Gasteiger partial charge in [-0.05, 0) is 26.8 Å². The molecule has 1 unspecified atom stereocenters. The number of aryl methyl sites for hydroxylation is 2. The third kappa shape index (κ3) is 3.81. The molecule has 2 aromatic heterocycles. The van der Waals surface area contributed by atoms with Crippen molar-refractivity contribution >= 4 is 23.2 Å². The van der Waals surface area contributed by atoms with Gasteiger partial charge in [-0.15, -0.1) is 11.3 Å². The minimum absolute atomic E-state index is 0.0335. The van der Waals surface area contributed by atoms with Crippen molar-refractivity contribution in [3.05, 3.63) is 34.2 Å². The summed E-state index contributed by atoms with van der Waals surface area (Å²) in [6, 6.07) is 1.81. The number of aromatic nitrogens is 3. The second-order valence-electron chi connectivity index (χ2n) is 5.92. The summed E-state index contributed by atoms with van der Waals surface area (Å²) in [6.07, 6.45) is 3.61. The normalized spacial score (nSPS) is 16.1. The molecule has 1 saturated heterocycles. The molecule has 3 heterocycles. The molecule has 24 heavy (non-hydrogen) atoms. The maximum atomic E-state index is 12.4. The summed E-state index contributed by atoms with van der Waals surface area (Å²) in [7, 11) is 0. The summed E-state index contributed by atoms with van der Waals surface area (Å²) in [5.41, 5.74) is 0. The van der Waals surface area contributed by atoms with Crippen LogP contribution >= 0.6 is 11.3 Å². The van der Waals surface area contributed by atoms with Gasteiger partial charge < -0.3 is 15.1 Å². The summed E-state index contributed by atoms with van der Waals surface area (Å²) in [6.45, 7) is 8.77. The number of carbonyl (C=O) groups is 1. The Morgan fingerprint density at radius 3 is 2.62 bits per heavy atom. The molecule has 1 aliphatic rings. The molecule has 2 aromatic rings. The van der Waals surface area contributed by atoms with Gasteiger partial charge in [0.2, 0.25) is 0 Å². The lowest BCUT2D eigenvalue weighted by molar-refractivity contribution is 0.191. The molecule has 0 spiro atoms. The lowest BCUT2D eigenvalue weighted by atomic mass is 10.3. The fourth-order valence-corrected chi connectivity index (χ4v) is 3.45. The van der Waals surface area contributed by atoms with Crippen LogP contribution in [0.2, 0.25) is 0 Å². The van der Waals surface area contributed by atoms with Crippen LogP contribution < -0.4 is 10.2 Å². The highest BCUT2D eigenvalue weighted by atomic mass is 32.1. The first-order chi connectivity index (χ1) is 11.5. The van der Waals surface area contributed by atoms with Crippen molar-refractivity contribution in [3.63, 3.8) is 0 Å². The first-order valence-electron chi connectivity index (χ1n) is 8.05. The summed E-state index contributed by atoms with van der Waals surface area (Å²) >= 11 is 1.62. The van der Waals surface area contributed by atoms with Crippen molar-refractivity contribution in [3.8, 4) is 0 Å². The topological polar surface area (TPSA) is 74.2 Å². The van der Waals surface area contributed by atoms with E-state index >= 15 is 0 Å². The summed E-state index contributed by atoms with van der Waals surface area (Å²) in [5.74, 6) is 1.69. The number of urea groups is 1. The molecule has 1 N–H and O–H groups in total. The van der Waals surface area contributed by atoms with Gasteiger partial charge in [0.15, 0.2) is 0 Å². The lowest BCUT2D eigenvalue weighted by Crippen LogP contribution is -2.52. The van der Waals surface area contributed by atoms with Crippen molar-refractivity contribution in [2.75, 3.05) is 31.1 Å². The van der Waals surface area contributed by atoms with Crippen LogP contribution in [-0.2, 0) is 0 Å². The fraction of sp³-hybridized carbons (Fsp3) is 0.500. The molecule has 1 aliphatic heterocycles. The molecule has 0 radical (unpaired) electrons. The van der Waals surface area contributed by atoms with E-state index < -0.39 is 0 Å². The van der Waals surface area contributed by atoms with Crippen LogP contribution in [0.5, 0.6) is 0 Å². The number of nitrogens with zero attached hydrogens (tertiary/aromatic N) is 5. The number of nitrogens with one attached hydrogen (secondary N) is 1. The van der Waals surface area contributed by atoms with E-state index in [1.54, 1.807) is 17.5 Å². The van der Waals surface area contributed by atoms with E-state index in [1.807, 2.05) is 37.9 Å². The van der Waals surface area contributed by atoms with Crippen LogP contribution in [0.4, 0.5) is 10.6 Å². The Balaban J connectivity index is 1.53. The first kappa shape index (κ1) is 16.6. The predicted octanol–water partition coefficient (Wildman–Crippen LogP) is 2.14. The molecule has 0 aliphatic carbocycles. The van der Waals surface area contributed by atoms with E-state index in [2.05, 4.69) is 25.2 Å². The molecular formula is C16H22N6OS. The molecule has 0 saturated carbocycles. The molecule has 2 amide bonds. The van der Waals surface area contributed by atoms with E-state index in [-0.39, 0.29) is 12.1 Å². The number of rotatable bonds is 3. The Hall–Kier alpha value is -2.22. The Kier molecular flexibility index (Phi) is 4.94. The average molecular weight is 346 g/mol. The number of amides is 2. The number of hydrogen-bond acceptors (Lipinski definition) is 6. The van der Waals surface area contributed by atoms with Crippen molar-refractivity contribution in [1.82, 2.24) is 25.2 Å². The third-order valence-corrected chi connectivity index (χ3v) is 5.10. The zero-order valence-corrected chi connectivity index (χ0v) is 15.0. The molecule has 3 rings (SSSR count). The highest BCUT2D eigenvalue weighted by Gasteiger charge is 2.23. The maximum absolute atomic E-state index is 12.4. The Morgan fingerprint density at radius 1 is 1.25 bits per heavy atom. The number of anilines is 1. The van der Waals surface area contributed by atoms with E-state index in [4.69, 9.17) is 0 Å². The van der Waals surface area contributed by atoms with Crippen LogP contribution in [0.15, 0.2) is 18.5 Å². The van der Waals surface area contributed by atoms with Crippen molar-refractivity contribution < 1.29 is 4.79 Å². The molecule has 8 heteroatoms. The van der Waals surface area contributed by atoms with Crippen LogP contribution in [-0.4, -0.2) is 52.1 Å². The Bertz CT molecular complexity index is 710. The first-order valence-corrected chi connectivity index (χ1v) is 8.87. The molecule has 1 fully saturated rings. The van der Waals surface area contributed by atoms with Crippen molar-refractivity contribution in [2.45, 2.75) is 26.8 Å². The largest absolute Gasteiger partial charge is 0.353 e. The summed E-state index contributed by atoms with van der Waals surface area (Å²) in [5, 5.41) is 3.97. The number of thiazole rings is 1. The van der Waals surface area contributed by atoms with E-state index in [1.165, 1.54) is 0 Å². The minimum atomic E-state index is -0.0706. The van der Waals surface area contributed by atoms with Gasteiger partial charge in [-0.3, -0.25) is 0 Å². The van der Waals surface area contributed by atoms with Gasteiger partial charge in [0.1, 0.15) is 16.6 Å². The van der Waals surface area contributed by atoms with Gasteiger partial charge in [-0.1, -0.05) is 0 Å². The van der Waals surface area contributed by atoms with Crippen LogP contribution in [0.25, 0.3) is 0 Å². The molecule has 7 nitrogen and oxygen atoms in total. The summed E-state index contributed by atoms with van der Waals surface area (Å²) < 4.78 is 0. The predicted molar refractivity (Wildman–Crippen MR) is 94.4 cm³/mol. The molecule has 1 atom stereocenters. The quantitative estimate of drug-likeness (QED) is 0.922. The molecule has 0 bridgehead atoms. The second kappa shape index (κ2) is 7.12. The lowest BCUT2D eigenvalue weighted by Gasteiger charge is -2.35. The van der Waals surface area contributed by atoms with Gasteiger partial charge in [0, 0.05) is 43.4 Å². The minimum Gasteiger partial charge on any atom is -0.353 e. The Morgan fingerprint density at radius 2 is 2.00 bits per heavy atom. The monoisotopic (exact) mass is 346 g/mol. The van der Waals surface area contributed by atoms with Crippen LogP contribution in [0, 0.1) is 13.8 Å². The molecule has 0 aromatic carbocycles. The molecule has 128 valence electrons. The van der Waals surface area contributed by atoms with Crippen LogP contribution in [0.1, 0.15) is 28.7 Å². The van der Waals surface area contributed by atoms with Gasteiger partial charge in [-0.25, -0.2) is 19.7 Å². The standard InChI is InChI=1S/C16H22N6OS/c1-11-10-18-15(24-11)12(2)19-16(23)22-8-6-21(7-9-22)14-4-5-17-13(3)20-14/h4-5,10,12H,6-9H2,1-3H3,(H,19,23). The maximum Gasteiger partial charge on any atom is 0.318 e. The average Bonchev–Trinajstić information content (AvgIpc) is 3.01. The summed E-state index contributed by atoms with van der Waals surface area (Å²) in [4.78, 5) is 30.5. The number of carbonyl (C=O) groups excluding carboxylic acids is 1. The second-order valence-corrected chi connectivity index (χ2v) is 7.18. The zero-order valence-electron chi connectivity index (χ0n) is 14.2. The third-order valence-electron chi connectivity index (χ3n) is 4.00. The zero-order chi connectivity index (χ0) is 17.1. The Labute approximate surface area is 145 Å². The highest BCUT2D eigenvalue weighted by molar-refractivity contribution is 7.11. The smallest absolute Gasteiger partial charge is 0.318 e. The molecular weight excluding hydrogens is 324 g/mol. The van der Waals surface area contributed by atoms with Crippen LogP contribution in [0.3, 0.4) is 0 Å². The van der Waals surface area contributed by atoms with Gasteiger partial charge in [0.05, 0.1) is 6.04 Å². The van der Waals surface area contributed by atoms with Crippen molar-refractivity contribution in [1.29, 1.82) is 0 Å². The SMILES string of the molecule is Cc1nccc(N2CCN(C(=O)NC(C)c3ncc(C)s3)CC2)n1. The van der Waals surface area contributed by atoms with Gasteiger partial charge in [0.25, 0.3) is 0 Å². The van der Waals surface area contributed by atoms with Gasteiger partial charge >= 0.3 is 6.03 Å². The fourth-order valence-electron chi connectivity index (χ4n) is 2.67. The number of hydrogen-bond donors (Lipinski definition) is 1.